The number of nitrogens with two attached hydrogens (primary N) is 1. The highest BCUT2D eigenvalue weighted by atomic mass is 16.1. The number of hydrogen-bond donors (Lipinski definition) is 2. The average Bonchev–Trinajstić information content (AvgIpc) is 2.90. The van der Waals surface area contributed by atoms with E-state index in [-0.39, 0.29) is 11.4 Å². The molecule has 0 fully saturated rings. The Morgan fingerprint density at radius 2 is 2.20 bits per heavy atom. The normalized spacial score (nSPS) is 11.3. The molecule has 0 aliphatic carbocycles. The largest absolute Gasteiger partial charge is 0.326 e. The van der Waals surface area contributed by atoms with Crippen LogP contribution in [0.15, 0.2) is 42.7 Å². The summed E-state index contributed by atoms with van der Waals surface area (Å²) in [4.78, 5) is 11.9. The zero-order chi connectivity index (χ0) is 14.6. The number of carbonyl (C=O) groups excluding carboxylic acids is 1. The van der Waals surface area contributed by atoms with E-state index in [1.807, 2.05) is 50.4 Å². The zero-order valence-corrected chi connectivity index (χ0v) is 11.8. The van der Waals surface area contributed by atoms with Crippen molar-refractivity contribution in [3.63, 3.8) is 0 Å². The molecule has 1 aromatic carbocycles. The van der Waals surface area contributed by atoms with E-state index < -0.39 is 0 Å². The Hall–Kier alpha value is -2.14. The topological polar surface area (TPSA) is 72.9 Å². The molecule has 5 heteroatoms. The van der Waals surface area contributed by atoms with Gasteiger partial charge in [0.05, 0.1) is 5.69 Å². The lowest BCUT2D eigenvalue weighted by Crippen LogP contribution is -2.33. The first kappa shape index (κ1) is 14.3. The van der Waals surface area contributed by atoms with E-state index in [0.717, 1.165) is 11.4 Å². The summed E-state index contributed by atoms with van der Waals surface area (Å²) >= 11 is 0. The molecule has 20 heavy (non-hydrogen) atoms. The van der Waals surface area contributed by atoms with E-state index in [0.29, 0.717) is 12.8 Å². The Morgan fingerprint density at radius 3 is 2.85 bits per heavy atom. The number of rotatable bonds is 5. The number of amides is 1. The first-order chi connectivity index (χ1) is 9.44. The number of aromatic nitrogens is 2. The quantitative estimate of drug-likeness (QED) is 0.877. The van der Waals surface area contributed by atoms with Crippen molar-refractivity contribution in [1.82, 2.24) is 9.78 Å². The molecule has 1 aromatic heterocycles. The lowest BCUT2D eigenvalue weighted by Gasteiger charge is -2.17. The summed E-state index contributed by atoms with van der Waals surface area (Å²) in [7, 11) is 0. The van der Waals surface area contributed by atoms with Crippen LogP contribution in [0.5, 0.6) is 0 Å². The van der Waals surface area contributed by atoms with Crippen molar-refractivity contribution in [2.24, 2.45) is 5.73 Å². The predicted molar refractivity (Wildman–Crippen MR) is 79.7 cm³/mol. The lowest BCUT2D eigenvalue weighted by molar-refractivity contribution is -0.116. The van der Waals surface area contributed by atoms with Crippen LogP contribution >= 0.6 is 0 Å². The fourth-order valence-electron chi connectivity index (χ4n) is 1.81. The van der Waals surface area contributed by atoms with E-state index in [1.54, 1.807) is 10.9 Å². The van der Waals surface area contributed by atoms with Crippen molar-refractivity contribution in [1.29, 1.82) is 0 Å². The van der Waals surface area contributed by atoms with Crippen LogP contribution in [0.4, 0.5) is 5.69 Å². The van der Waals surface area contributed by atoms with Gasteiger partial charge < -0.3 is 11.1 Å². The monoisotopic (exact) mass is 272 g/mol. The van der Waals surface area contributed by atoms with Gasteiger partial charge in [-0.15, -0.1) is 0 Å². The fraction of sp³-hybridized carbons (Fsp3) is 0.333. The van der Waals surface area contributed by atoms with Crippen LogP contribution in [0.25, 0.3) is 5.69 Å². The third-order valence-electron chi connectivity index (χ3n) is 2.90. The van der Waals surface area contributed by atoms with Gasteiger partial charge in [-0.05, 0) is 44.5 Å². The molecule has 0 atom stereocenters. The summed E-state index contributed by atoms with van der Waals surface area (Å²) in [5.74, 6) is -0.0267. The van der Waals surface area contributed by atoms with Gasteiger partial charge in [0.2, 0.25) is 5.91 Å². The molecule has 2 aromatic rings. The molecular formula is C15H20N4O. The molecule has 0 saturated carbocycles. The molecule has 2 rings (SSSR count). The highest BCUT2D eigenvalue weighted by molar-refractivity contribution is 5.91. The van der Waals surface area contributed by atoms with Crippen molar-refractivity contribution in [2.75, 3.05) is 5.32 Å². The number of hydrogen-bond acceptors (Lipinski definition) is 3. The van der Waals surface area contributed by atoms with Gasteiger partial charge in [0.1, 0.15) is 0 Å². The van der Waals surface area contributed by atoms with Crippen LogP contribution < -0.4 is 11.1 Å². The fourth-order valence-corrected chi connectivity index (χ4v) is 1.81. The second kappa shape index (κ2) is 5.88. The Morgan fingerprint density at radius 1 is 1.40 bits per heavy atom. The smallest absolute Gasteiger partial charge is 0.224 e. The molecule has 3 N–H and O–H groups in total. The summed E-state index contributed by atoms with van der Waals surface area (Å²) in [5, 5.41) is 7.04. The summed E-state index contributed by atoms with van der Waals surface area (Å²) in [6.07, 6.45) is 4.64. The average molecular weight is 272 g/mol. The van der Waals surface area contributed by atoms with Crippen molar-refractivity contribution in [3.8, 4) is 5.69 Å². The second-order valence-corrected chi connectivity index (χ2v) is 5.54. The molecule has 1 amide bonds. The third kappa shape index (κ3) is 4.20. The summed E-state index contributed by atoms with van der Waals surface area (Å²) in [5.41, 5.74) is 7.22. The minimum Gasteiger partial charge on any atom is -0.326 e. The van der Waals surface area contributed by atoms with E-state index in [1.165, 1.54) is 0 Å². The molecule has 0 spiro atoms. The molecule has 0 bridgehead atoms. The maximum atomic E-state index is 11.9. The Bertz CT molecular complexity index is 570. The van der Waals surface area contributed by atoms with E-state index in [2.05, 4.69) is 10.4 Å². The van der Waals surface area contributed by atoms with Crippen LogP contribution in [0.3, 0.4) is 0 Å². The highest BCUT2D eigenvalue weighted by Gasteiger charge is 2.13. The van der Waals surface area contributed by atoms with Gasteiger partial charge in [-0.1, -0.05) is 6.07 Å². The van der Waals surface area contributed by atoms with Crippen molar-refractivity contribution < 1.29 is 4.79 Å². The first-order valence-corrected chi connectivity index (χ1v) is 6.63. The minimum atomic E-state index is -0.325. The molecule has 0 unspecified atom stereocenters. The first-order valence-electron chi connectivity index (χ1n) is 6.63. The number of anilines is 1. The molecule has 0 saturated heterocycles. The molecule has 106 valence electrons. The molecule has 0 radical (unpaired) electrons. The van der Waals surface area contributed by atoms with Gasteiger partial charge in [-0.2, -0.15) is 5.10 Å². The van der Waals surface area contributed by atoms with Gasteiger partial charge >= 0.3 is 0 Å². The van der Waals surface area contributed by atoms with Crippen molar-refractivity contribution in [3.05, 3.63) is 42.7 Å². The highest BCUT2D eigenvalue weighted by Crippen LogP contribution is 2.15. The summed E-state index contributed by atoms with van der Waals surface area (Å²) < 4.78 is 1.75. The Kier molecular flexibility index (Phi) is 4.20. The molecular weight excluding hydrogens is 252 g/mol. The van der Waals surface area contributed by atoms with Crippen LogP contribution in [0.1, 0.15) is 26.7 Å². The third-order valence-corrected chi connectivity index (χ3v) is 2.90. The van der Waals surface area contributed by atoms with Crippen LogP contribution in [0, 0.1) is 0 Å². The number of nitrogens with zero attached hydrogens (tertiary/aromatic N) is 2. The van der Waals surface area contributed by atoms with Gasteiger partial charge in [0.25, 0.3) is 0 Å². The van der Waals surface area contributed by atoms with Crippen molar-refractivity contribution in [2.45, 2.75) is 32.2 Å². The van der Waals surface area contributed by atoms with Crippen molar-refractivity contribution >= 4 is 11.6 Å². The number of nitrogens with one attached hydrogen (secondary N) is 1. The SMILES string of the molecule is CC(C)(N)CCC(=O)Nc1cccc(-n2cccn2)c1. The number of carbonyl (C=O) groups is 1. The van der Waals surface area contributed by atoms with E-state index in [9.17, 15) is 4.79 Å². The van der Waals surface area contributed by atoms with Crippen LogP contribution in [0.2, 0.25) is 0 Å². The molecule has 0 aliphatic rings. The molecule has 1 heterocycles. The standard InChI is InChI=1S/C15H20N4O/c1-15(2,16)8-7-14(20)18-12-5-3-6-13(11-12)19-10-4-9-17-19/h3-6,9-11H,7-8,16H2,1-2H3,(H,18,20). The lowest BCUT2D eigenvalue weighted by atomic mass is 10.00. The second-order valence-electron chi connectivity index (χ2n) is 5.54. The van der Waals surface area contributed by atoms with E-state index in [4.69, 9.17) is 5.73 Å². The van der Waals surface area contributed by atoms with Gasteiger partial charge in [-0.3, -0.25) is 4.79 Å². The van der Waals surface area contributed by atoms with E-state index >= 15 is 0 Å². The van der Waals surface area contributed by atoms with Gasteiger partial charge in [0, 0.05) is 30.0 Å². The summed E-state index contributed by atoms with van der Waals surface area (Å²) in [6, 6.07) is 9.43. The maximum Gasteiger partial charge on any atom is 0.224 e. The zero-order valence-electron chi connectivity index (χ0n) is 11.8. The van der Waals surface area contributed by atoms with Gasteiger partial charge in [0.15, 0.2) is 0 Å². The predicted octanol–water partition coefficient (Wildman–Crippen LogP) is 2.33. The number of benzene rings is 1. The van der Waals surface area contributed by atoms with Gasteiger partial charge in [-0.25, -0.2) is 4.68 Å². The molecule has 5 nitrogen and oxygen atoms in total. The Labute approximate surface area is 118 Å². The Balaban J connectivity index is 2.00. The van der Waals surface area contributed by atoms with Crippen LogP contribution in [-0.2, 0) is 4.79 Å². The molecule has 0 aliphatic heterocycles. The minimum absolute atomic E-state index is 0.0267. The summed E-state index contributed by atoms with van der Waals surface area (Å²) in [6.45, 7) is 3.83. The van der Waals surface area contributed by atoms with Crippen LogP contribution in [-0.4, -0.2) is 21.2 Å². The maximum absolute atomic E-state index is 11.9.